The molecular weight excluding hydrogens is 270 g/mol. The zero-order valence-corrected chi connectivity index (χ0v) is 13.5. The molecule has 1 heterocycles. The Kier molecular flexibility index (Phi) is 5.44. The lowest BCUT2D eigenvalue weighted by atomic mass is 9.97. The van der Waals surface area contributed by atoms with Crippen molar-refractivity contribution < 1.29 is 0 Å². The highest BCUT2D eigenvalue weighted by Gasteiger charge is 2.30. The van der Waals surface area contributed by atoms with Crippen molar-refractivity contribution in [3.63, 3.8) is 0 Å². The summed E-state index contributed by atoms with van der Waals surface area (Å²) in [5.41, 5.74) is 7.52. The van der Waals surface area contributed by atoms with Crippen molar-refractivity contribution in [3.8, 4) is 0 Å². The Balaban J connectivity index is 2.28. The monoisotopic (exact) mass is 295 g/mol. The summed E-state index contributed by atoms with van der Waals surface area (Å²) in [4.78, 5) is 4.95. The Bertz CT molecular complexity index is 435. The molecule has 2 rings (SSSR count). The lowest BCUT2D eigenvalue weighted by Gasteiger charge is -2.38. The molecule has 0 amide bonds. The van der Waals surface area contributed by atoms with Crippen LogP contribution in [-0.4, -0.2) is 48.6 Å². The Morgan fingerprint density at radius 2 is 2.10 bits per heavy atom. The van der Waals surface area contributed by atoms with E-state index in [1.165, 1.54) is 12.0 Å². The number of hydrogen-bond donors (Lipinski definition) is 1. The van der Waals surface area contributed by atoms with E-state index in [0.717, 1.165) is 24.7 Å². The zero-order valence-electron chi connectivity index (χ0n) is 12.7. The highest BCUT2D eigenvalue weighted by Crippen LogP contribution is 2.29. The van der Waals surface area contributed by atoms with Crippen LogP contribution in [0.2, 0.25) is 5.02 Å². The van der Waals surface area contributed by atoms with Crippen molar-refractivity contribution in [2.24, 2.45) is 5.73 Å². The van der Waals surface area contributed by atoms with Gasteiger partial charge in [-0.1, -0.05) is 23.7 Å². The average Bonchev–Trinajstić information content (AvgIpc) is 2.51. The van der Waals surface area contributed by atoms with Gasteiger partial charge < -0.3 is 10.6 Å². The minimum absolute atomic E-state index is 0.0827. The molecule has 3 atom stereocenters. The first-order chi connectivity index (χ1) is 9.49. The van der Waals surface area contributed by atoms with Crippen LogP contribution in [0.3, 0.4) is 0 Å². The summed E-state index contributed by atoms with van der Waals surface area (Å²) in [5, 5.41) is 0.785. The van der Waals surface area contributed by atoms with E-state index in [9.17, 15) is 0 Å². The van der Waals surface area contributed by atoms with Crippen molar-refractivity contribution in [1.82, 2.24) is 9.80 Å². The van der Waals surface area contributed by atoms with E-state index in [2.05, 4.69) is 42.8 Å². The van der Waals surface area contributed by atoms with Gasteiger partial charge in [-0.3, -0.25) is 4.90 Å². The second kappa shape index (κ2) is 6.90. The molecule has 0 spiro atoms. The first kappa shape index (κ1) is 15.8. The van der Waals surface area contributed by atoms with Crippen molar-refractivity contribution in [2.75, 3.05) is 26.7 Å². The largest absolute Gasteiger partial charge is 0.326 e. The second-order valence-corrected chi connectivity index (χ2v) is 6.50. The summed E-state index contributed by atoms with van der Waals surface area (Å²) >= 11 is 6.16. The van der Waals surface area contributed by atoms with Gasteiger partial charge in [-0.2, -0.15) is 0 Å². The highest BCUT2D eigenvalue weighted by atomic mass is 35.5. The van der Waals surface area contributed by atoms with Gasteiger partial charge in [-0.15, -0.1) is 0 Å². The van der Waals surface area contributed by atoms with E-state index in [0.29, 0.717) is 6.04 Å². The van der Waals surface area contributed by atoms with Gasteiger partial charge in [0.1, 0.15) is 0 Å². The molecule has 0 aromatic heterocycles. The molecule has 20 heavy (non-hydrogen) atoms. The van der Waals surface area contributed by atoms with Crippen LogP contribution in [0.4, 0.5) is 0 Å². The summed E-state index contributed by atoms with van der Waals surface area (Å²) in [6, 6.07) is 8.94. The van der Waals surface area contributed by atoms with Crippen LogP contribution in [0.1, 0.15) is 31.9 Å². The number of halogens is 1. The third-order valence-electron chi connectivity index (χ3n) is 4.14. The number of benzene rings is 1. The summed E-state index contributed by atoms with van der Waals surface area (Å²) in [5.74, 6) is 0. The van der Waals surface area contributed by atoms with Gasteiger partial charge in [0.15, 0.2) is 0 Å². The molecule has 4 heteroatoms. The second-order valence-electron chi connectivity index (χ2n) is 6.06. The highest BCUT2D eigenvalue weighted by molar-refractivity contribution is 6.30. The van der Waals surface area contributed by atoms with Gasteiger partial charge in [0, 0.05) is 36.2 Å². The molecule has 0 bridgehead atoms. The van der Waals surface area contributed by atoms with Gasteiger partial charge in [0.2, 0.25) is 0 Å². The maximum atomic E-state index is 6.30. The fraction of sp³-hybridized carbons (Fsp3) is 0.625. The summed E-state index contributed by atoms with van der Waals surface area (Å²) in [6.45, 7) is 7.71. The first-order valence-corrected chi connectivity index (χ1v) is 7.82. The average molecular weight is 296 g/mol. The van der Waals surface area contributed by atoms with E-state index in [1.807, 2.05) is 12.1 Å². The van der Waals surface area contributed by atoms with Gasteiger partial charge in [0.25, 0.3) is 0 Å². The van der Waals surface area contributed by atoms with Crippen LogP contribution in [0.5, 0.6) is 0 Å². The predicted molar refractivity (Wildman–Crippen MR) is 86.1 cm³/mol. The Labute approximate surface area is 127 Å². The fourth-order valence-corrected chi connectivity index (χ4v) is 3.49. The topological polar surface area (TPSA) is 32.5 Å². The number of nitrogens with zero attached hydrogens (tertiary/aromatic N) is 2. The van der Waals surface area contributed by atoms with Gasteiger partial charge >= 0.3 is 0 Å². The molecule has 3 nitrogen and oxygen atoms in total. The molecule has 1 fully saturated rings. The first-order valence-electron chi connectivity index (χ1n) is 7.44. The van der Waals surface area contributed by atoms with Crippen molar-refractivity contribution in [2.45, 2.75) is 38.4 Å². The minimum Gasteiger partial charge on any atom is -0.326 e. The van der Waals surface area contributed by atoms with Crippen molar-refractivity contribution >= 4 is 11.6 Å². The third-order valence-corrected chi connectivity index (χ3v) is 4.38. The molecule has 1 aliphatic heterocycles. The Morgan fingerprint density at radius 3 is 2.75 bits per heavy atom. The van der Waals surface area contributed by atoms with Crippen LogP contribution in [-0.2, 0) is 0 Å². The predicted octanol–water partition coefficient (Wildman–Crippen LogP) is 2.75. The van der Waals surface area contributed by atoms with Gasteiger partial charge in [0.05, 0.1) is 0 Å². The van der Waals surface area contributed by atoms with Crippen LogP contribution >= 0.6 is 11.6 Å². The summed E-state index contributed by atoms with van der Waals surface area (Å²) in [7, 11) is 2.19. The van der Waals surface area contributed by atoms with Crippen LogP contribution in [0, 0.1) is 0 Å². The SMILES string of the molecule is CC(N)C(c1cccc(Cl)c1)N1CCCN(C)CC1C. The number of rotatable bonds is 3. The molecule has 3 unspecified atom stereocenters. The number of likely N-dealkylation sites (N-methyl/N-ethyl adjacent to an activating group) is 1. The van der Waals surface area contributed by atoms with E-state index in [4.69, 9.17) is 17.3 Å². The number of hydrogen-bond acceptors (Lipinski definition) is 3. The molecule has 0 saturated carbocycles. The summed E-state index contributed by atoms with van der Waals surface area (Å²) < 4.78 is 0. The molecule has 1 aromatic rings. The maximum Gasteiger partial charge on any atom is 0.0500 e. The molecule has 1 saturated heterocycles. The molecule has 2 N–H and O–H groups in total. The van der Waals surface area contributed by atoms with E-state index >= 15 is 0 Å². The summed E-state index contributed by atoms with van der Waals surface area (Å²) in [6.07, 6.45) is 1.19. The molecule has 112 valence electrons. The lowest BCUT2D eigenvalue weighted by molar-refractivity contribution is 0.127. The zero-order chi connectivity index (χ0) is 14.7. The molecular formula is C16H26ClN3. The normalized spacial score (nSPS) is 25.1. The van der Waals surface area contributed by atoms with E-state index < -0.39 is 0 Å². The van der Waals surface area contributed by atoms with Crippen molar-refractivity contribution in [3.05, 3.63) is 34.9 Å². The molecule has 0 aliphatic carbocycles. The van der Waals surface area contributed by atoms with Crippen molar-refractivity contribution in [1.29, 1.82) is 0 Å². The Morgan fingerprint density at radius 1 is 1.35 bits per heavy atom. The van der Waals surface area contributed by atoms with Crippen LogP contribution in [0.15, 0.2) is 24.3 Å². The lowest BCUT2D eigenvalue weighted by Crippen LogP contribution is -2.46. The number of nitrogens with two attached hydrogens (primary N) is 1. The van der Waals surface area contributed by atoms with Gasteiger partial charge in [-0.25, -0.2) is 0 Å². The molecule has 1 aromatic carbocycles. The standard InChI is InChI=1S/C16H26ClN3/c1-12-11-19(3)8-5-9-20(12)16(13(2)18)14-6-4-7-15(17)10-14/h4,6-7,10,12-13,16H,5,8-9,11,18H2,1-3H3. The quantitative estimate of drug-likeness (QED) is 0.931. The van der Waals surface area contributed by atoms with Gasteiger partial charge in [-0.05, 0) is 51.6 Å². The minimum atomic E-state index is 0.0827. The maximum absolute atomic E-state index is 6.30. The third kappa shape index (κ3) is 3.73. The van der Waals surface area contributed by atoms with E-state index in [-0.39, 0.29) is 12.1 Å². The smallest absolute Gasteiger partial charge is 0.0500 e. The van der Waals surface area contributed by atoms with E-state index in [1.54, 1.807) is 0 Å². The Hall–Kier alpha value is -0.610. The fourth-order valence-electron chi connectivity index (χ4n) is 3.29. The van der Waals surface area contributed by atoms with Crippen LogP contribution < -0.4 is 5.73 Å². The molecule has 1 aliphatic rings. The van der Waals surface area contributed by atoms with Crippen LogP contribution in [0.25, 0.3) is 0 Å². The molecule has 0 radical (unpaired) electrons.